The number of aryl methyl sites for hydroxylation is 1. The molecule has 26 heavy (non-hydrogen) atoms. The zero-order chi connectivity index (χ0) is 18.9. The van der Waals surface area contributed by atoms with Crippen LogP contribution in [-0.2, 0) is 16.8 Å². The predicted molar refractivity (Wildman–Crippen MR) is 94.1 cm³/mol. The molecule has 3 rings (SSSR count). The number of benzene rings is 2. The average Bonchev–Trinajstić information content (AvgIpc) is 2.86. The van der Waals surface area contributed by atoms with Crippen LogP contribution in [0.4, 0.5) is 9.18 Å². The summed E-state index contributed by atoms with van der Waals surface area (Å²) >= 11 is 0. The van der Waals surface area contributed by atoms with Crippen LogP contribution in [0.1, 0.15) is 35.3 Å². The Morgan fingerprint density at radius 1 is 1.08 bits per heavy atom. The topological polar surface area (TPSA) is 66.5 Å². The van der Waals surface area contributed by atoms with E-state index < -0.39 is 23.3 Å². The minimum atomic E-state index is -1.32. The lowest BCUT2D eigenvalue weighted by atomic mass is 9.92. The molecule has 1 heterocycles. The van der Waals surface area contributed by atoms with Crippen LogP contribution >= 0.6 is 0 Å². The second-order valence-corrected chi connectivity index (χ2v) is 6.43. The van der Waals surface area contributed by atoms with E-state index in [1.807, 2.05) is 19.1 Å². The van der Waals surface area contributed by atoms with E-state index in [4.69, 9.17) is 0 Å². The molecule has 1 saturated heterocycles. The van der Waals surface area contributed by atoms with Gasteiger partial charge in [-0.2, -0.15) is 0 Å². The molecule has 0 aliphatic carbocycles. The van der Waals surface area contributed by atoms with E-state index in [1.54, 1.807) is 19.1 Å². The number of Topliss-reactive ketones (excluding diaryl/α,β-unsaturated/α-hetero) is 1. The van der Waals surface area contributed by atoms with Gasteiger partial charge in [0.1, 0.15) is 11.4 Å². The Hall–Kier alpha value is -3.02. The van der Waals surface area contributed by atoms with Gasteiger partial charge in [-0.05, 0) is 36.6 Å². The van der Waals surface area contributed by atoms with Crippen molar-refractivity contribution < 1.29 is 18.8 Å². The van der Waals surface area contributed by atoms with Crippen LogP contribution in [0.2, 0.25) is 0 Å². The van der Waals surface area contributed by atoms with Gasteiger partial charge < -0.3 is 5.32 Å². The van der Waals surface area contributed by atoms with Gasteiger partial charge in [-0.3, -0.25) is 14.5 Å². The second-order valence-electron chi connectivity index (χ2n) is 6.43. The minimum absolute atomic E-state index is 0.320. The highest BCUT2D eigenvalue weighted by Gasteiger charge is 2.49. The molecule has 1 unspecified atom stereocenters. The number of urea groups is 1. The summed E-state index contributed by atoms with van der Waals surface area (Å²) in [5.74, 6) is -1.29. The zero-order valence-corrected chi connectivity index (χ0v) is 14.6. The molecule has 0 bridgehead atoms. The molecule has 2 aromatic carbocycles. The van der Waals surface area contributed by atoms with E-state index in [2.05, 4.69) is 5.32 Å². The summed E-state index contributed by atoms with van der Waals surface area (Å²) in [6.07, 6.45) is 0.859. The number of hydrogen-bond acceptors (Lipinski definition) is 3. The van der Waals surface area contributed by atoms with Crippen LogP contribution in [0.15, 0.2) is 48.5 Å². The summed E-state index contributed by atoms with van der Waals surface area (Å²) in [4.78, 5) is 38.4. The highest BCUT2D eigenvalue weighted by Crippen LogP contribution is 2.29. The van der Waals surface area contributed by atoms with E-state index in [0.717, 1.165) is 16.9 Å². The van der Waals surface area contributed by atoms with Crippen LogP contribution in [0.5, 0.6) is 0 Å². The first-order chi connectivity index (χ1) is 12.3. The van der Waals surface area contributed by atoms with E-state index in [-0.39, 0.29) is 12.3 Å². The number of halogens is 1. The molecule has 0 saturated carbocycles. The standard InChI is InChI=1S/C20H19FN2O3/c1-3-13-4-6-14(7-5-13)17(24)12-23-18(25)20(2,22-19(23)26)15-8-10-16(21)11-9-15/h4-11H,3,12H2,1-2H3,(H,22,26). The maximum Gasteiger partial charge on any atom is 0.325 e. The Kier molecular flexibility index (Phi) is 4.59. The van der Waals surface area contributed by atoms with Gasteiger partial charge in [0.15, 0.2) is 5.78 Å². The van der Waals surface area contributed by atoms with Gasteiger partial charge in [-0.15, -0.1) is 0 Å². The number of rotatable bonds is 5. The second kappa shape index (κ2) is 6.71. The molecule has 1 aliphatic rings. The smallest absolute Gasteiger partial charge is 0.319 e. The lowest BCUT2D eigenvalue weighted by Crippen LogP contribution is -2.41. The van der Waals surface area contributed by atoms with Crippen molar-refractivity contribution in [3.63, 3.8) is 0 Å². The summed E-state index contributed by atoms with van der Waals surface area (Å²) in [7, 11) is 0. The predicted octanol–water partition coefficient (Wildman–Crippen LogP) is 3.04. The third kappa shape index (κ3) is 3.10. The van der Waals surface area contributed by atoms with Crippen LogP contribution < -0.4 is 5.32 Å². The first-order valence-electron chi connectivity index (χ1n) is 8.37. The quantitative estimate of drug-likeness (QED) is 0.663. The molecule has 2 aromatic rings. The zero-order valence-electron chi connectivity index (χ0n) is 14.6. The molecule has 1 aliphatic heterocycles. The van der Waals surface area contributed by atoms with Gasteiger partial charge >= 0.3 is 6.03 Å². The maximum absolute atomic E-state index is 13.1. The molecule has 3 amide bonds. The van der Waals surface area contributed by atoms with E-state index >= 15 is 0 Å². The summed E-state index contributed by atoms with van der Waals surface area (Å²) in [6, 6.07) is 11.8. The summed E-state index contributed by atoms with van der Waals surface area (Å²) in [5, 5.41) is 2.60. The number of carbonyl (C=O) groups excluding carboxylic acids is 3. The van der Waals surface area contributed by atoms with Crippen molar-refractivity contribution in [3.8, 4) is 0 Å². The van der Waals surface area contributed by atoms with Gasteiger partial charge in [0.05, 0.1) is 6.54 Å². The molecular formula is C20H19FN2O3. The molecule has 0 spiro atoms. The van der Waals surface area contributed by atoms with Gasteiger partial charge in [0, 0.05) is 5.56 Å². The van der Waals surface area contributed by atoms with Gasteiger partial charge in [0.2, 0.25) is 0 Å². The first kappa shape index (κ1) is 17.8. The number of nitrogens with one attached hydrogen (secondary N) is 1. The number of amides is 3. The third-order valence-electron chi connectivity index (χ3n) is 4.68. The van der Waals surface area contributed by atoms with E-state index in [9.17, 15) is 18.8 Å². The fraction of sp³-hybridized carbons (Fsp3) is 0.250. The highest BCUT2D eigenvalue weighted by molar-refractivity contribution is 6.11. The molecule has 1 fully saturated rings. The van der Waals surface area contributed by atoms with Gasteiger partial charge in [-0.1, -0.05) is 43.3 Å². The van der Waals surface area contributed by atoms with Crippen LogP contribution in [0.3, 0.4) is 0 Å². The van der Waals surface area contributed by atoms with E-state index in [1.165, 1.54) is 24.3 Å². The minimum Gasteiger partial charge on any atom is -0.319 e. The Bertz CT molecular complexity index is 862. The van der Waals surface area contributed by atoms with Crippen LogP contribution in [-0.4, -0.2) is 29.2 Å². The normalized spacial score (nSPS) is 19.6. The maximum atomic E-state index is 13.1. The van der Waals surface area contributed by atoms with E-state index in [0.29, 0.717) is 11.1 Å². The molecule has 5 nitrogen and oxygen atoms in total. The number of ketones is 1. The third-order valence-corrected chi connectivity index (χ3v) is 4.68. The lowest BCUT2D eigenvalue weighted by Gasteiger charge is -2.22. The van der Waals surface area contributed by atoms with Crippen molar-refractivity contribution in [2.24, 2.45) is 0 Å². The van der Waals surface area contributed by atoms with Crippen molar-refractivity contribution in [3.05, 3.63) is 71.0 Å². The molecule has 6 heteroatoms. The number of hydrogen-bond donors (Lipinski definition) is 1. The molecule has 134 valence electrons. The fourth-order valence-electron chi connectivity index (χ4n) is 2.98. The van der Waals surface area contributed by atoms with Crippen molar-refractivity contribution in [1.29, 1.82) is 0 Å². The van der Waals surface area contributed by atoms with Gasteiger partial charge in [0.25, 0.3) is 5.91 Å². The summed E-state index contributed by atoms with van der Waals surface area (Å²) < 4.78 is 13.1. The SMILES string of the molecule is CCc1ccc(C(=O)CN2C(=O)NC(C)(c3ccc(F)cc3)C2=O)cc1. The fourth-order valence-corrected chi connectivity index (χ4v) is 2.98. The number of nitrogens with zero attached hydrogens (tertiary/aromatic N) is 1. The van der Waals surface area contributed by atoms with Gasteiger partial charge in [-0.25, -0.2) is 9.18 Å². The first-order valence-corrected chi connectivity index (χ1v) is 8.37. The monoisotopic (exact) mass is 354 g/mol. The molecule has 1 atom stereocenters. The molecule has 1 N–H and O–H groups in total. The largest absolute Gasteiger partial charge is 0.325 e. The average molecular weight is 354 g/mol. The Balaban J connectivity index is 1.80. The Morgan fingerprint density at radius 3 is 2.27 bits per heavy atom. The summed E-state index contributed by atoms with van der Waals surface area (Å²) in [6.45, 7) is 3.22. The van der Waals surface area contributed by atoms with Crippen LogP contribution in [0, 0.1) is 5.82 Å². The van der Waals surface area contributed by atoms with Crippen molar-refractivity contribution in [2.45, 2.75) is 25.8 Å². The molecular weight excluding hydrogens is 335 g/mol. The number of imide groups is 1. The molecule has 0 radical (unpaired) electrons. The molecule has 0 aromatic heterocycles. The number of carbonyl (C=O) groups is 3. The summed E-state index contributed by atoms with van der Waals surface area (Å²) in [5.41, 5.74) is 0.676. The Morgan fingerprint density at radius 2 is 1.69 bits per heavy atom. The highest BCUT2D eigenvalue weighted by atomic mass is 19.1. The van der Waals surface area contributed by atoms with Crippen molar-refractivity contribution in [2.75, 3.05) is 6.54 Å². The van der Waals surface area contributed by atoms with Crippen molar-refractivity contribution >= 4 is 17.7 Å². The van der Waals surface area contributed by atoms with Crippen LogP contribution in [0.25, 0.3) is 0 Å². The Labute approximate surface area is 150 Å². The van der Waals surface area contributed by atoms with Crippen molar-refractivity contribution in [1.82, 2.24) is 10.2 Å². The lowest BCUT2D eigenvalue weighted by molar-refractivity contribution is -0.130.